The first kappa shape index (κ1) is 21.1. The van der Waals surface area contributed by atoms with Crippen LogP contribution in [0.5, 0.6) is 5.75 Å². The third kappa shape index (κ3) is 5.29. The predicted octanol–water partition coefficient (Wildman–Crippen LogP) is 3.75. The second-order valence-corrected chi connectivity index (χ2v) is 8.70. The number of nitrogens with one attached hydrogen (secondary N) is 1. The van der Waals surface area contributed by atoms with Gasteiger partial charge in [0.1, 0.15) is 24.3 Å². The molecule has 6 nitrogen and oxygen atoms in total. The molecule has 0 spiro atoms. The van der Waals surface area contributed by atoms with E-state index in [2.05, 4.69) is 23.3 Å². The Morgan fingerprint density at radius 2 is 1.93 bits per heavy atom. The van der Waals surface area contributed by atoms with Crippen LogP contribution in [0, 0.1) is 0 Å². The lowest BCUT2D eigenvalue weighted by atomic mass is 9.94. The molecule has 2 N–H and O–H groups in total. The minimum absolute atomic E-state index is 0.253. The summed E-state index contributed by atoms with van der Waals surface area (Å²) in [5, 5.41) is 12.9. The number of aromatic nitrogens is 2. The molecule has 6 heteroatoms. The number of aliphatic hydroxyl groups is 1. The highest BCUT2D eigenvalue weighted by Gasteiger charge is 2.28. The Balaban J connectivity index is 1.57. The monoisotopic (exact) mass is 410 g/mol. The third-order valence-electron chi connectivity index (χ3n) is 6.19. The van der Waals surface area contributed by atoms with Crippen LogP contribution < -0.4 is 15.0 Å². The van der Waals surface area contributed by atoms with Crippen molar-refractivity contribution >= 4 is 5.82 Å². The van der Waals surface area contributed by atoms with Gasteiger partial charge in [0.05, 0.1) is 0 Å². The number of ether oxygens (including phenoxy) is 1. The summed E-state index contributed by atoms with van der Waals surface area (Å²) in [4.78, 5) is 12.2. The number of aliphatic hydroxyl groups excluding tert-OH is 1. The second-order valence-electron chi connectivity index (χ2n) is 8.70. The molecule has 1 aromatic heterocycles. The Morgan fingerprint density at radius 1 is 1.13 bits per heavy atom. The quantitative estimate of drug-likeness (QED) is 0.656. The molecule has 0 radical (unpaired) electrons. The minimum atomic E-state index is -0.538. The molecule has 162 valence electrons. The summed E-state index contributed by atoms with van der Waals surface area (Å²) in [7, 11) is 4.00. The fourth-order valence-electron chi connectivity index (χ4n) is 4.22. The lowest BCUT2D eigenvalue weighted by Crippen LogP contribution is -2.34. The summed E-state index contributed by atoms with van der Waals surface area (Å²) in [6, 6.07) is 10.7. The number of benzene rings is 1. The molecule has 30 heavy (non-hydrogen) atoms. The molecule has 4 rings (SSSR count). The van der Waals surface area contributed by atoms with Crippen LogP contribution in [-0.2, 0) is 0 Å². The SMILES string of the molecule is CNCC(O)COc1cccc(-c2nc(C3CC3)cc(N(C)C3CCCCC3)n2)c1. The molecule has 0 saturated heterocycles. The topological polar surface area (TPSA) is 70.5 Å². The van der Waals surface area contributed by atoms with E-state index in [9.17, 15) is 5.11 Å². The zero-order valence-corrected chi connectivity index (χ0v) is 18.2. The highest BCUT2D eigenvalue weighted by atomic mass is 16.5. The molecule has 2 saturated carbocycles. The van der Waals surface area contributed by atoms with Gasteiger partial charge in [-0.05, 0) is 44.9 Å². The van der Waals surface area contributed by atoms with Crippen LogP contribution in [0.3, 0.4) is 0 Å². The van der Waals surface area contributed by atoms with E-state index in [4.69, 9.17) is 14.7 Å². The maximum atomic E-state index is 9.90. The first-order valence-electron chi connectivity index (χ1n) is 11.3. The molecule has 1 aromatic carbocycles. The van der Waals surface area contributed by atoms with Gasteiger partial charge < -0.3 is 20.1 Å². The van der Waals surface area contributed by atoms with E-state index in [1.165, 1.54) is 44.9 Å². The molecule has 0 amide bonds. The number of anilines is 1. The van der Waals surface area contributed by atoms with Gasteiger partial charge in [0.2, 0.25) is 0 Å². The zero-order valence-electron chi connectivity index (χ0n) is 18.2. The van der Waals surface area contributed by atoms with Gasteiger partial charge in [-0.2, -0.15) is 0 Å². The summed E-state index contributed by atoms with van der Waals surface area (Å²) in [5.41, 5.74) is 2.12. The van der Waals surface area contributed by atoms with Gasteiger partial charge in [0.25, 0.3) is 0 Å². The van der Waals surface area contributed by atoms with Crippen molar-refractivity contribution < 1.29 is 9.84 Å². The molecule has 2 aromatic rings. The molecule has 2 aliphatic carbocycles. The number of likely N-dealkylation sites (N-methyl/N-ethyl adjacent to an activating group) is 1. The van der Waals surface area contributed by atoms with Crippen LogP contribution in [0.25, 0.3) is 11.4 Å². The molecule has 2 aliphatic rings. The Morgan fingerprint density at radius 3 is 2.67 bits per heavy atom. The van der Waals surface area contributed by atoms with E-state index in [1.807, 2.05) is 31.3 Å². The van der Waals surface area contributed by atoms with Crippen molar-refractivity contribution in [1.82, 2.24) is 15.3 Å². The highest BCUT2D eigenvalue weighted by molar-refractivity contribution is 5.60. The molecule has 0 bridgehead atoms. The van der Waals surface area contributed by atoms with Gasteiger partial charge >= 0.3 is 0 Å². The van der Waals surface area contributed by atoms with Crippen molar-refractivity contribution in [3.63, 3.8) is 0 Å². The minimum Gasteiger partial charge on any atom is -0.491 e. The Labute approximate surface area is 179 Å². The largest absolute Gasteiger partial charge is 0.491 e. The van der Waals surface area contributed by atoms with Crippen molar-refractivity contribution in [2.75, 3.05) is 32.1 Å². The molecular weight excluding hydrogens is 376 g/mol. The maximum Gasteiger partial charge on any atom is 0.161 e. The summed E-state index contributed by atoms with van der Waals surface area (Å²) in [6.07, 6.45) is 8.35. The standard InChI is InChI=1S/C24H34N4O2/c1-25-15-20(29)16-30-21-10-6-7-18(13-21)24-26-22(17-11-12-17)14-23(27-24)28(2)19-8-4-3-5-9-19/h6-7,10,13-14,17,19-20,25,29H,3-5,8-9,11-12,15-16H2,1-2H3. The van der Waals surface area contributed by atoms with Crippen molar-refractivity contribution in [3.05, 3.63) is 36.0 Å². The zero-order chi connectivity index (χ0) is 20.9. The van der Waals surface area contributed by atoms with E-state index in [0.29, 0.717) is 18.5 Å². The number of hydrogen-bond acceptors (Lipinski definition) is 6. The van der Waals surface area contributed by atoms with Crippen LogP contribution in [-0.4, -0.2) is 54.5 Å². The summed E-state index contributed by atoms with van der Waals surface area (Å²) >= 11 is 0. The van der Waals surface area contributed by atoms with Crippen LogP contribution in [0.1, 0.15) is 56.6 Å². The molecule has 2 fully saturated rings. The predicted molar refractivity (Wildman–Crippen MR) is 120 cm³/mol. The summed E-state index contributed by atoms with van der Waals surface area (Å²) in [5.74, 6) is 3.09. The first-order chi connectivity index (χ1) is 14.6. The highest BCUT2D eigenvalue weighted by Crippen LogP contribution is 2.41. The average Bonchev–Trinajstić information content (AvgIpc) is 3.63. The van der Waals surface area contributed by atoms with Gasteiger partial charge in [-0.25, -0.2) is 9.97 Å². The smallest absolute Gasteiger partial charge is 0.161 e. The van der Waals surface area contributed by atoms with Crippen LogP contribution >= 0.6 is 0 Å². The van der Waals surface area contributed by atoms with E-state index in [1.54, 1.807) is 0 Å². The molecule has 1 atom stereocenters. The van der Waals surface area contributed by atoms with Crippen LogP contribution in [0.4, 0.5) is 5.82 Å². The summed E-state index contributed by atoms with van der Waals surface area (Å²) in [6.45, 7) is 0.756. The second kappa shape index (κ2) is 9.75. The van der Waals surface area contributed by atoms with Crippen molar-refractivity contribution in [2.24, 2.45) is 0 Å². The van der Waals surface area contributed by atoms with E-state index < -0.39 is 6.10 Å². The average molecular weight is 411 g/mol. The summed E-state index contributed by atoms with van der Waals surface area (Å²) < 4.78 is 5.79. The van der Waals surface area contributed by atoms with Crippen molar-refractivity contribution in [3.8, 4) is 17.1 Å². The maximum absolute atomic E-state index is 9.90. The van der Waals surface area contributed by atoms with E-state index >= 15 is 0 Å². The number of rotatable bonds is 9. The van der Waals surface area contributed by atoms with Gasteiger partial charge in [-0.1, -0.05) is 31.4 Å². The van der Waals surface area contributed by atoms with Crippen molar-refractivity contribution in [1.29, 1.82) is 0 Å². The first-order valence-corrected chi connectivity index (χ1v) is 11.3. The van der Waals surface area contributed by atoms with Gasteiger partial charge in [0.15, 0.2) is 5.82 Å². The molecule has 1 unspecified atom stereocenters. The number of nitrogens with zero attached hydrogens (tertiary/aromatic N) is 3. The van der Waals surface area contributed by atoms with Crippen LogP contribution in [0.2, 0.25) is 0 Å². The third-order valence-corrected chi connectivity index (χ3v) is 6.19. The van der Waals surface area contributed by atoms with Crippen LogP contribution in [0.15, 0.2) is 30.3 Å². The molecule has 1 heterocycles. The van der Waals surface area contributed by atoms with Gasteiger partial charge in [0, 0.05) is 42.9 Å². The molecular formula is C24H34N4O2. The van der Waals surface area contributed by atoms with Crippen molar-refractivity contribution in [2.45, 2.75) is 63.0 Å². The normalized spacial score (nSPS) is 18.2. The Hall–Kier alpha value is -2.18. The molecule has 0 aliphatic heterocycles. The Bertz CT molecular complexity index is 834. The Kier molecular flexibility index (Phi) is 6.85. The fourth-order valence-corrected chi connectivity index (χ4v) is 4.22. The van der Waals surface area contributed by atoms with Gasteiger partial charge in [-0.15, -0.1) is 0 Å². The number of hydrogen-bond donors (Lipinski definition) is 2. The fraction of sp³-hybridized carbons (Fsp3) is 0.583. The lowest BCUT2D eigenvalue weighted by molar-refractivity contribution is 0.108. The van der Waals surface area contributed by atoms with Gasteiger partial charge in [-0.3, -0.25) is 0 Å². The lowest BCUT2D eigenvalue weighted by Gasteiger charge is -2.32. The van der Waals surface area contributed by atoms with E-state index in [-0.39, 0.29) is 6.61 Å². The van der Waals surface area contributed by atoms with E-state index in [0.717, 1.165) is 28.6 Å².